The van der Waals surface area contributed by atoms with E-state index in [0.29, 0.717) is 18.1 Å². The molecule has 2 saturated heterocycles. The molecule has 0 spiro atoms. The van der Waals surface area contributed by atoms with E-state index in [1.165, 1.54) is 5.56 Å². The summed E-state index contributed by atoms with van der Waals surface area (Å²) in [5.41, 5.74) is 2.00. The van der Waals surface area contributed by atoms with Gasteiger partial charge in [0.25, 0.3) is 0 Å². The Kier molecular flexibility index (Phi) is 3.93. The van der Waals surface area contributed by atoms with Crippen molar-refractivity contribution in [3.8, 4) is 0 Å². The second kappa shape index (κ2) is 5.61. The van der Waals surface area contributed by atoms with Gasteiger partial charge < -0.3 is 10.2 Å². The largest absolute Gasteiger partial charge is 0.324 e. The van der Waals surface area contributed by atoms with Gasteiger partial charge in [0.2, 0.25) is 11.8 Å². The third kappa shape index (κ3) is 2.62. The molecular weight excluding hydrogens is 296 g/mol. The fraction of sp³-hybridized carbons (Fsp3) is 0.529. The lowest BCUT2D eigenvalue weighted by molar-refractivity contribution is -0.135. The lowest BCUT2D eigenvalue weighted by Gasteiger charge is -2.29. The fourth-order valence-corrected chi connectivity index (χ4v) is 4.65. The van der Waals surface area contributed by atoms with Crippen LogP contribution < -0.4 is 5.32 Å². The highest BCUT2D eigenvalue weighted by molar-refractivity contribution is 8.01. The number of carbonyl (C=O) groups is 2. The lowest BCUT2D eigenvalue weighted by atomic mass is 10.0. The zero-order chi connectivity index (χ0) is 15.9. The average Bonchev–Trinajstić information content (AvgIpc) is 2.96. The Morgan fingerprint density at radius 1 is 1.45 bits per heavy atom. The van der Waals surface area contributed by atoms with Gasteiger partial charge in [0.05, 0.1) is 4.87 Å². The molecule has 1 N–H and O–H groups in total. The monoisotopic (exact) mass is 318 g/mol. The first-order valence-electron chi connectivity index (χ1n) is 7.78. The second-order valence-corrected chi connectivity index (χ2v) is 8.04. The SMILES string of the molecule is CC(C)c1cccc(NC(=O)C2CSC3(C)CCC(=O)N23)c1. The summed E-state index contributed by atoms with van der Waals surface area (Å²) in [4.78, 5) is 26.3. The highest BCUT2D eigenvalue weighted by Crippen LogP contribution is 2.47. The van der Waals surface area contributed by atoms with Crippen molar-refractivity contribution in [3.05, 3.63) is 29.8 Å². The molecule has 2 amide bonds. The molecule has 2 unspecified atom stereocenters. The molecule has 22 heavy (non-hydrogen) atoms. The van der Waals surface area contributed by atoms with E-state index in [1.54, 1.807) is 16.7 Å². The van der Waals surface area contributed by atoms with Gasteiger partial charge in [0, 0.05) is 17.9 Å². The standard InChI is InChI=1S/C17H22N2O2S/c1-11(2)12-5-4-6-13(9-12)18-16(21)14-10-22-17(3)8-7-15(20)19(14)17/h4-6,9,11,14H,7-8,10H2,1-3H3,(H,18,21). The van der Waals surface area contributed by atoms with Gasteiger partial charge in [0.15, 0.2) is 0 Å². The smallest absolute Gasteiger partial charge is 0.248 e. The van der Waals surface area contributed by atoms with Gasteiger partial charge in [-0.15, -0.1) is 11.8 Å². The molecule has 4 nitrogen and oxygen atoms in total. The number of benzene rings is 1. The number of hydrogen-bond donors (Lipinski definition) is 1. The minimum absolute atomic E-state index is 0.0765. The molecule has 2 aliphatic rings. The third-order valence-corrected chi connectivity index (χ3v) is 6.07. The summed E-state index contributed by atoms with van der Waals surface area (Å²) >= 11 is 1.72. The van der Waals surface area contributed by atoms with Gasteiger partial charge in [-0.1, -0.05) is 26.0 Å². The quantitative estimate of drug-likeness (QED) is 0.931. The number of anilines is 1. The molecule has 0 aromatic heterocycles. The molecule has 2 aliphatic heterocycles. The molecule has 5 heteroatoms. The summed E-state index contributed by atoms with van der Waals surface area (Å²) in [5.74, 6) is 1.12. The van der Waals surface area contributed by atoms with Crippen LogP contribution in [0.25, 0.3) is 0 Å². The Bertz CT molecular complexity index is 616. The summed E-state index contributed by atoms with van der Waals surface area (Å²) in [7, 11) is 0. The second-order valence-electron chi connectivity index (χ2n) is 6.53. The minimum Gasteiger partial charge on any atom is -0.324 e. The van der Waals surface area contributed by atoms with Crippen molar-refractivity contribution in [1.82, 2.24) is 4.90 Å². The maximum absolute atomic E-state index is 12.6. The maximum Gasteiger partial charge on any atom is 0.248 e. The zero-order valence-electron chi connectivity index (χ0n) is 13.3. The van der Waals surface area contributed by atoms with Crippen LogP contribution in [0.4, 0.5) is 5.69 Å². The van der Waals surface area contributed by atoms with Crippen LogP contribution in [-0.4, -0.2) is 33.4 Å². The first-order chi connectivity index (χ1) is 10.4. The Balaban J connectivity index is 1.75. The van der Waals surface area contributed by atoms with Crippen LogP contribution in [0.3, 0.4) is 0 Å². The van der Waals surface area contributed by atoms with Gasteiger partial charge in [-0.05, 0) is 37.0 Å². The van der Waals surface area contributed by atoms with Gasteiger partial charge >= 0.3 is 0 Å². The number of fused-ring (bicyclic) bond motifs is 1. The first-order valence-corrected chi connectivity index (χ1v) is 8.76. The number of thioether (sulfide) groups is 1. The third-order valence-electron chi connectivity index (χ3n) is 4.57. The average molecular weight is 318 g/mol. The number of hydrogen-bond acceptors (Lipinski definition) is 3. The summed E-state index contributed by atoms with van der Waals surface area (Å²) in [6.45, 7) is 6.32. The van der Waals surface area contributed by atoms with Crippen LogP contribution in [-0.2, 0) is 9.59 Å². The Morgan fingerprint density at radius 2 is 2.23 bits per heavy atom. The summed E-state index contributed by atoms with van der Waals surface area (Å²) in [6.07, 6.45) is 1.39. The first kappa shape index (κ1) is 15.4. The molecule has 0 radical (unpaired) electrons. The normalized spacial score (nSPS) is 27.4. The van der Waals surface area contributed by atoms with E-state index in [1.807, 2.05) is 18.2 Å². The lowest BCUT2D eigenvalue weighted by Crippen LogP contribution is -2.48. The van der Waals surface area contributed by atoms with Gasteiger partial charge in [-0.3, -0.25) is 9.59 Å². The van der Waals surface area contributed by atoms with Crippen LogP contribution in [0, 0.1) is 0 Å². The van der Waals surface area contributed by atoms with Crippen LogP contribution in [0.5, 0.6) is 0 Å². The summed E-state index contributed by atoms with van der Waals surface area (Å²) in [6, 6.07) is 7.58. The molecule has 2 heterocycles. The van der Waals surface area contributed by atoms with E-state index in [2.05, 4.69) is 32.2 Å². The molecule has 118 valence electrons. The minimum atomic E-state index is -0.354. The highest BCUT2D eigenvalue weighted by atomic mass is 32.2. The van der Waals surface area contributed by atoms with Crippen molar-refractivity contribution in [3.63, 3.8) is 0 Å². The Morgan fingerprint density at radius 3 is 2.95 bits per heavy atom. The van der Waals surface area contributed by atoms with E-state index in [0.717, 1.165) is 12.1 Å². The van der Waals surface area contributed by atoms with E-state index in [4.69, 9.17) is 0 Å². The van der Waals surface area contributed by atoms with Crippen molar-refractivity contribution < 1.29 is 9.59 Å². The highest BCUT2D eigenvalue weighted by Gasteiger charge is 2.52. The summed E-state index contributed by atoms with van der Waals surface area (Å²) in [5, 5.41) is 2.98. The Labute approximate surface area is 135 Å². The van der Waals surface area contributed by atoms with Crippen LogP contribution in [0.2, 0.25) is 0 Å². The van der Waals surface area contributed by atoms with Gasteiger partial charge in [-0.2, -0.15) is 0 Å². The van der Waals surface area contributed by atoms with Crippen LogP contribution >= 0.6 is 11.8 Å². The van der Waals surface area contributed by atoms with Gasteiger partial charge in [0.1, 0.15) is 6.04 Å². The number of nitrogens with zero attached hydrogens (tertiary/aromatic N) is 1. The van der Waals surface area contributed by atoms with Crippen molar-refractivity contribution >= 4 is 29.3 Å². The van der Waals surface area contributed by atoms with Crippen molar-refractivity contribution in [2.75, 3.05) is 11.1 Å². The van der Waals surface area contributed by atoms with Crippen LogP contribution in [0.1, 0.15) is 45.1 Å². The van der Waals surface area contributed by atoms with Crippen molar-refractivity contribution in [2.24, 2.45) is 0 Å². The molecule has 1 aromatic carbocycles. The maximum atomic E-state index is 12.6. The predicted molar refractivity (Wildman–Crippen MR) is 89.9 cm³/mol. The van der Waals surface area contributed by atoms with Gasteiger partial charge in [-0.25, -0.2) is 0 Å². The molecule has 3 rings (SSSR count). The molecule has 0 bridgehead atoms. The van der Waals surface area contributed by atoms with Crippen molar-refractivity contribution in [2.45, 2.75) is 50.4 Å². The Hall–Kier alpha value is -1.49. The molecule has 0 aliphatic carbocycles. The molecule has 2 atom stereocenters. The van der Waals surface area contributed by atoms with E-state index in [9.17, 15) is 9.59 Å². The fourth-order valence-electron chi connectivity index (χ4n) is 3.22. The van der Waals surface area contributed by atoms with Crippen LogP contribution in [0.15, 0.2) is 24.3 Å². The molecule has 2 fully saturated rings. The zero-order valence-corrected chi connectivity index (χ0v) is 14.1. The van der Waals surface area contributed by atoms with E-state index < -0.39 is 0 Å². The number of carbonyl (C=O) groups excluding carboxylic acids is 2. The number of amides is 2. The molecule has 1 aromatic rings. The predicted octanol–water partition coefficient (Wildman–Crippen LogP) is 3.20. The molecular formula is C17H22N2O2S. The van der Waals surface area contributed by atoms with Crippen molar-refractivity contribution in [1.29, 1.82) is 0 Å². The summed E-state index contributed by atoms with van der Waals surface area (Å²) < 4.78 is 0. The van der Waals surface area contributed by atoms with E-state index in [-0.39, 0.29) is 22.7 Å². The van der Waals surface area contributed by atoms with E-state index >= 15 is 0 Å². The number of nitrogens with one attached hydrogen (secondary N) is 1. The molecule has 0 saturated carbocycles. The topological polar surface area (TPSA) is 49.4 Å². The number of rotatable bonds is 3.